The molecule has 1 aromatic heterocycles. The van der Waals surface area contributed by atoms with E-state index in [0.29, 0.717) is 0 Å². The summed E-state index contributed by atoms with van der Waals surface area (Å²) in [4.78, 5) is 53.2. The fourth-order valence-corrected chi connectivity index (χ4v) is 2.17. The number of aromatic nitrogens is 2. The van der Waals surface area contributed by atoms with E-state index in [9.17, 15) is 24.1 Å². The van der Waals surface area contributed by atoms with Crippen molar-refractivity contribution < 1.29 is 38.6 Å². The molecule has 1 rings (SSSR count). The highest BCUT2D eigenvalue weighted by Gasteiger charge is 2.27. The summed E-state index contributed by atoms with van der Waals surface area (Å²) in [6.07, 6.45) is -4.02. The lowest BCUT2D eigenvalue weighted by molar-refractivity contribution is -0.126. The maximum atomic E-state index is 11.8. The van der Waals surface area contributed by atoms with Crippen molar-refractivity contribution in [1.82, 2.24) is 9.55 Å². The third kappa shape index (κ3) is 5.76. The number of H-pyrrole nitrogens is 1. The molecular formula is C11H17N2O10P. The van der Waals surface area contributed by atoms with Gasteiger partial charge in [-0.2, -0.15) is 0 Å². The van der Waals surface area contributed by atoms with E-state index in [2.05, 4.69) is 4.52 Å². The van der Waals surface area contributed by atoms with Crippen molar-refractivity contribution >= 4 is 14.1 Å². The standard InChI is InChI=1S/C11H17N2O10P/c1-6(13-7(3-14)2-10(17)12-11(13)18)23-9(8(16)4-15)5-22-24(19,20)21/h2-3,6,8-9,15-16H,4-5H2,1H3,(H,12,17,18)(H2,19,20,21)/t6?,8?,9-/m1/s1. The van der Waals surface area contributed by atoms with E-state index in [4.69, 9.17) is 19.6 Å². The fourth-order valence-electron chi connectivity index (χ4n) is 1.83. The van der Waals surface area contributed by atoms with Gasteiger partial charge in [0.05, 0.1) is 18.9 Å². The molecular weight excluding hydrogens is 351 g/mol. The van der Waals surface area contributed by atoms with Crippen molar-refractivity contribution in [2.75, 3.05) is 13.2 Å². The van der Waals surface area contributed by atoms with Crippen LogP contribution in [0.25, 0.3) is 0 Å². The highest BCUT2D eigenvalue weighted by molar-refractivity contribution is 7.46. The summed E-state index contributed by atoms with van der Waals surface area (Å²) >= 11 is 0. The number of aromatic amines is 1. The zero-order chi connectivity index (χ0) is 18.5. The van der Waals surface area contributed by atoms with Crippen LogP contribution in [0.4, 0.5) is 0 Å². The summed E-state index contributed by atoms with van der Waals surface area (Å²) in [7, 11) is -4.86. The fraction of sp³-hybridized carbons (Fsp3) is 0.545. The number of phosphoric acid groups is 1. The minimum atomic E-state index is -4.86. The summed E-state index contributed by atoms with van der Waals surface area (Å²) in [5.41, 5.74) is -2.09. The van der Waals surface area contributed by atoms with Gasteiger partial charge in [-0.15, -0.1) is 0 Å². The Labute approximate surface area is 134 Å². The Morgan fingerprint density at radius 3 is 2.54 bits per heavy atom. The maximum absolute atomic E-state index is 11.8. The lowest BCUT2D eigenvalue weighted by Gasteiger charge is -2.27. The first kappa shape index (κ1) is 20.4. The van der Waals surface area contributed by atoms with Gasteiger partial charge in [0.1, 0.15) is 18.4 Å². The van der Waals surface area contributed by atoms with E-state index in [-0.39, 0.29) is 12.0 Å². The van der Waals surface area contributed by atoms with Crippen LogP contribution >= 0.6 is 7.82 Å². The molecule has 24 heavy (non-hydrogen) atoms. The van der Waals surface area contributed by atoms with Gasteiger partial charge in [0.15, 0.2) is 6.29 Å². The van der Waals surface area contributed by atoms with Crippen LogP contribution in [0, 0.1) is 0 Å². The van der Waals surface area contributed by atoms with E-state index in [0.717, 1.165) is 10.6 Å². The number of hydrogen-bond donors (Lipinski definition) is 5. The molecule has 0 aliphatic carbocycles. The third-order valence-electron chi connectivity index (χ3n) is 2.89. The monoisotopic (exact) mass is 368 g/mol. The van der Waals surface area contributed by atoms with E-state index in [1.54, 1.807) is 0 Å². The number of aliphatic hydroxyl groups excluding tert-OH is 2. The second-order valence-electron chi connectivity index (χ2n) is 4.66. The third-order valence-corrected chi connectivity index (χ3v) is 3.37. The van der Waals surface area contributed by atoms with Gasteiger partial charge in [-0.3, -0.25) is 23.7 Å². The normalized spacial score (nSPS) is 15.7. The number of nitrogens with zero attached hydrogens (tertiary/aromatic N) is 1. The van der Waals surface area contributed by atoms with Crippen molar-refractivity contribution in [3.63, 3.8) is 0 Å². The average Bonchev–Trinajstić information content (AvgIpc) is 2.48. The summed E-state index contributed by atoms with van der Waals surface area (Å²) in [6.45, 7) is -0.338. The van der Waals surface area contributed by atoms with Gasteiger partial charge < -0.3 is 24.7 Å². The number of ether oxygens (including phenoxy) is 1. The summed E-state index contributed by atoms with van der Waals surface area (Å²) in [5.74, 6) is 0. The predicted octanol–water partition coefficient (Wildman–Crippen LogP) is -2.28. The number of carbonyl (C=O) groups excluding carboxylic acids is 1. The summed E-state index contributed by atoms with van der Waals surface area (Å²) < 4.78 is 20.9. The molecule has 5 N–H and O–H groups in total. The first-order valence-electron chi connectivity index (χ1n) is 6.54. The Morgan fingerprint density at radius 1 is 1.42 bits per heavy atom. The van der Waals surface area contributed by atoms with Crippen LogP contribution in [-0.4, -0.2) is 61.3 Å². The molecule has 13 heteroatoms. The Kier molecular flexibility index (Phi) is 7.17. The molecule has 0 saturated heterocycles. The molecule has 0 aliphatic rings. The molecule has 0 bridgehead atoms. The Balaban J connectivity index is 3.06. The molecule has 0 saturated carbocycles. The van der Waals surface area contributed by atoms with Crippen LogP contribution in [0.5, 0.6) is 0 Å². The minimum absolute atomic E-state index is 0.236. The van der Waals surface area contributed by atoms with Crippen molar-refractivity contribution in [1.29, 1.82) is 0 Å². The van der Waals surface area contributed by atoms with Crippen LogP contribution in [0.3, 0.4) is 0 Å². The van der Waals surface area contributed by atoms with E-state index < -0.39 is 50.7 Å². The quantitative estimate of drug-likeness (QED) is 0.234. The van der Waals surface area contributed by atoms with E-state index in [1.165, 1.54) is 6.92 Å². The Hall–Kier alpha value is -1.66. The van der Waals surface area contributed by atoms with Gasteiger partial charge >= 0.3 is 13.5 Å². The van der Waals surface area contributed by atoms with E-state index >= 15 is 0 Å². The van der Waals surface area contributed by atoms with Crippen molar-refractivity contribution in [3.05, 3.63) is 32.6 Å². The topological polar surface area (TPSA) is 188 Å². The minimum Gasteiger partial charge on any atom is -0.394 e. The molecule has 136 valence electrons. The number of phosphoric ester groups is 1. The van der Waals surface area contributed by atoms with Gasteiger partial charge in [-0.05, 0) is 6.92 Å². The van der Waals surface area contributed by atoms with Crippen molar-refractivity contribution in [2.24, 2.45) is 0 Å². The number of nitrogens with one attached hydrogen (secondary N) is 1. The molecule has 1 heterocycles. The molecule has 0 spiro atoms. The maximum Gasteiger partial charge on any atom is 0.469 e. The van der Waals surface area contributed by atoms with Crippen LogP contribution in [0.15, 0.2) is 15.7 Å². The zero-order valence-electron chi connectivity index (χ0n) is 12.4. The summed E-state index contributed by atoms with van der Waals surface area (Å²) in [6, 6.07) is 0.845. The van der Waals surface area contributed by atoms with E-state index in [1.807, 2.05) is 4.98 Å². The van der Waals surface area contributed by atoms with Gasteiger partial charge in [-0.25, -0.2) is 9.36 Å². The van der Waals surface area contributed by atoms with Crippen molar-refractivity contribution in [2.45, 2.75) is 25.4 Å². The highest BCUT2D eigenvalue weighted by atomic mass is 31.2. The lowest BCUT2D eigenvalue weighted by Crippen LogP contribution is -2.41. The lowest BCUT2D eigenvalue weighted by atomic mass is 10.2. The number of rotatable bonds is 9. The number of aliphatic hydroxyl groups is 2. The highest BCUT2D eigenvalue weighted by Crippen LogP contribution is 2.36. The van der Waals surface area contributed by atoms with Gasteiger partial charge in [-0.1, -0.05) is 0 Å². The number of carbonyl (C=O) groups is 1. The predicted molar refractivity (Wildman–Crippen MR) is 77.4 cm³/mol. The Morgan fingerprint density at radius 2 is 2.04 bits per heavy atom. The molecule has 0 fully saturated rings. The molecule has 0 aliphatic heterocycles. The van der Waals surface area contributed by atoms with Gasteiger partial charge in [0, 0.05) is 6.07 Å². The Bertz CT molecular complexity index is 722. The molecule has 0 radical (unpaired) electrons. The molecule has 2 unspecified atom stereocenters. The smallest absolute Gasteiger partial charge is 0.394 e. The number of hydrogen-bond acceptors (Lipinski definition) is 8. The SMILES string of the molecule is CC(O[C@H](COP(=O)(O)O)C(O)CO)n1c(C=O)cc(=O)[nH]c1=O. The van der Waals surface area contributed by atoms with Gasteiger partial charge in [0.25, 0.3) is 5.56 Å². The summed E-state index contributed by atoms with van der Waals surface area (Å²) in [5, 5.41) is 18.6. The van der Waals surface area contributed by atoms with Crippen LogP contribution in [-0.2, 0) is 13.8 Å². The molecule has 3 atom stereocenters. The average molecular weight is 368 g/mol. The first-order valence-corrected chi connectivity index (χ1v) is 8.07. The molecule has 12 nitrogen and oxygen atoms in total. The molecule has 0 amide bonds. The second kappa shape index (κ2) is 8.44. The van der Waals surface area contributed by atoms with Crippen LogP contribution in [0.1, 0.15) is 23.6 Å². The van der Waals surface area contributed by atoms with Crippen molar-refractivity contribution in [3.8, 4) is 0 Å². The number of aldehydes is 1. The zero-order valence-corrected chi connectivity index (χ0v) is 13.3. The molecule has 1 aromatic rings. The largest absolute Gasteiger partial charge is 0.469 e. The first-order chi connectivity index (χ1) is 11.1. The van der Waals surface area contributed by atoms with Gasteiger partial charge in [0.2, 0.25) is 0 Å². The van der Waals surface area contributed by atoms with Crippen LogP contribution in [0.2, 0.25) is 0 Å². The second-order valence-corrected chi connectivity index (χ2v) is 5.90. The molecule has 0 aromatic carbocycles. The van der Waals surface area contributed by atoms with Crippen LogP contribution < -0.4 is 11.2 Å².